The Bertz CT molecular complexity index is 1440. The molecule has 1 aliphatic heterocycles. The van der Waals surface area contributed by atoms with Gasteiger partial charge in [0, 0.05) is 52.9 Å². The maximum atomic E-state index is 14.1. The maximum absolute atomic E-state index is 14.1. The van der Waals surface area contributed by atoms with Crippen LogP contribution in [0.15, 0.2) is 60.8 Å². The van der Waals surface area contributed by atoms with Crippen LogP contribution >= 0.6 is 11.6 Å². The molecule has 2 aliphatic rings. The van der Waals surface area contributed by atoms with Gasteiger partial charge in [0.15, 0.2) is 0 Å². The van der Waals surface area contributed by atoms with E-state index in [0.717, 1.165) is 11.8 Å². The second-order valence-corrected chi connectivity index (χ2v) is 11.1. The number of nitrogens with zero attached hydrogens (tertiary/aromatic N) is 2. The quantitative estimate of drug-likeness (QED) is 0.384. The van der Waals surface area contributed by atoms with E-state index in [1.165, 1.54) is 37.4 Å². The number of pyridine rings is 1. The van der Waals surface area contributed by atoms with Gasteiger partial charge in [-0.15, -0.1) is 0 Å². The number of carbonyl (C=O) groups excluding carboxylic acids is 2. The molecule has 1 aromatic heterocycles. The van der Waals surface area contributed by atoms with Crippen molar-refractivity contribution in [3.8, 4) is 0 Å². The molecule has 0 spiro atoms. The molecule has 40 heavy (non-hydrogen) atoms. The van der Waals surface area contributed by atoms with Gasteiger partial charge >= 0.3 is 0 Å². The van der Waals surface area contributed by atoms with E-state index >= 15 is 0 Å². The zero-order chi connectivity index (χ0) is 28.9. The first-order valence-electron chi connectivity index (χ1n) is 12.9. The summed E-state index contributed by atoms with van der Waals surface area (Å²) in [5.41, 5.74) is -0.662. The molecule has 7 nitrogen and oxygen atoms in total. The van der Waals surface area contributed by atoms with E-state index in [-0.39, 0.29) is 36.3 Å². The van der Waals surface area contributed by atoms with E-state index < -0.39 is 35.0 Å². The molecule has 0 bridgehead atoms. The third-order valence-corrected chi connectivity index (χ3v) is 7.86. The lowest BCUT2D eigenvalue weighted by Gasteiger charge is -2.40. The van der Waals surface area contributed by atoms with Crippen molar-refractivity contribution in [3.63, 3.8) is 0 Å². The summed E-state index contributed by atoms with van der Waals surface area (Å²) in [6.45, 7) is 1.85. The highest BCUT2D eigenvalue weighted by atomic mass is 35.5. The number of fused-ring (bicyclic) bond motifs is 1. The van der Waals surface area contributed by atoms with Crippen molar-refractivity contribution in [1.29, 1.82) is 0 Å². The molecule has 2 atom stereocenters. The Hall–Kier alpha value is -3.24. The van der Waals surface area contributed by atoms with Gasteiger partial charge < -0.3 is 14.9 Å². The molecule has 210 valence electrons. The zero-order valence-electron chi connectivity index (χ0n) is 22.0. The van der Waals surface area contributed by atoms with Crippen LogP contribution in [0.25, 0.3) is 0 Å². The number of imide groups is 1. The van der Waals surface area contributed by atoms with Gasteiger partial charge in [-0.25, -0.2) is 13.7 Å². The number of aliphatic hydroxyl groups excluding tert-OH is 2. The number of aliphatic hydroxyl groups is 2. The maximum Gasteiger partial charge on any atom is 0.270 e. The Morgan fingerprint density at radius 2 is 1.88 bits per heavy atom. The van der Waals surface area contributed by atoms with Gasteiger partial charge in [0.2, 0.25) is 5.72 Å². The SMILES string of the molecule is CC(O)C(=O)N1C(=O)c2cccc(Cc3ccc(Cl)cn3)c2[C@]1(OCC1(CO)CC1)c1ccc(C(C)(F)F)cc1. The number of alkyl halides is 2. The lowest BCUT2D eigenvalue weighted by atomic mass is 9.87. The van der Waals surface area contributed by atoms with Crippen molar-refractivity contribution in [2.75, 3.05) is 13.2 Å². The summed E-state index contributed by atoms with van der Waals surface area (Å²) in [4.78, 5) is 32.7. The van der Waals surface area contributed by atoms with E-state index in [4.69, 9.17) is 16.3 Å². The first-order chi connectivity index (χ1) is 18.9. The van der Waals surface area contributed by atoms with Crippen LogP contribution in [0.1, 0.15) is 65.0 Å². The molecule has 1 aliphatic carbocycles. The fourth-order valence-corrected chi connectivity index (χ4v) is 5.23. The van der Waals surface area contributed by atoms with Crippen LogP contribution in [0.2, 0.25) is 5.02 Å². The highest BCUT2D eigenvalue weighted by molar-refractivity contribution is 6.30. The molecular weight excluding hydrogens is 542 g/mol. The standard InChI is InChI=1S/C30H29ClF2N2O5/c1-18(37)26(38)35-27(39)24-5-3-4-19(14-23-11-10-22(31)15-34-23)25(24)30(35,40-17-29(16-36)12-13-29)21-8-6-20(7-9-21)28(2,32)33/h3-11,15,18,36-37H,12-14,16-17H2,1-2H3/t18?,30-/m1/s1. The van der Waals surface area contributed by atoms with Crippen molar-refractivity contribution >= 4 is 23.4 Å². The molecule has 0 saturated heterocycles. The summed E-state index contributed by atoms with van der Waals surface area (Å²) in [5, 5.41) is 20.8. The molecule has 3 aromatic rings. The molecule has 2 amide bonds. The van der Waals surface area contributed by atoms with Gasteiger partial charge in [0.05, 0.1) is 18.2 Å². The van der Waals surface area contributed by atoms with Crippen LogP contribution in [-0.2, 0) is 27.6 Å². The molecule has 5 rings (SSSR count). The number of ether oxygens (including phenoxy) is 1. The highest BCUT2D eigenvalue weighted by Gasteiger charge is 2.58. The van der Waals surface area contributed by atoms with Crippen molar-refractivity contribution in [2.24, 2.45) is 5.41 Å². The Morgan fingerprint density at radius 1 is 1.18 bits per heavy atom. The fraction of sp³-hybridized carbons (Fsp3) is 0.367. The summed E-state index contributed by atoms with van der Waals surface area (Å²) in [7, 11) is 0. The van der Waals surface area contributed by atoms with Crippen molar-refractivity contribution in [3.05, 3.63) is 99.3 Å². The van der Waals surface area contributed by atoms with Gasteiger partial charge in [-0.2, -0.15) is 0 Å². The molecule has 2 aromatic carbocycles. The zero-order valence-corrected chi connectivity index (χ0v) is 22.8. The summed E-state index contributed by atoms with van der Waals surface area (Å²) >= 11 is 6.02. The molecule has 2 heterocycles. The number of benzene rings is 2. The minimum Gasteiger partial charge on any atom is -0.396 e. The Labute approximate surface area is 235 Å². The molecule has 1 fully saturated rings. The van der Waals surface area contributed by atoms with Crippen LogP contribution in [0.3, 0.4) is 0 Å². The van der Waals surface area contributed by atoms with Crippen LogP contribution in [0, 0.1) is 5.41 Å². The average Bonchev–Trinajstić information content (AvgIpc) is 3.67. The van der Waals surface area contributed by atoms with E-state index in [9.17, 15) is 28.6 Å². The molecular formula is C30H29ClF2N2O5. The molecule has 0 radical (unpaired) electrons. The molecule has 2 N–H and O–H groups in total. The van der Waals surface area contributed by atoms with E-state index in [1.54, 1.807) is 30.3 Å². The van der Waals surface area contributed by atoms with Crippen LogP contribution in [0.4, 0.5) is 8.78 Å². The summed E-state index contributed by atoms with van der Waals surface area (Å²) in [6.07, 6.45) is 1.55. The first-order valence-corrected chi connectivity index (χ1v) is 13.3. The van der Waals surface area contributed by atoms with Gasteiger partial charge in [0.25, 0.3) is 17.7 Å². The third-order valence-electron chi connectivity index (χ3n) is 7.64. The number of halogens is 3. The van der Waals surface area contributed by atoms with Crippen LogP contribution in [-0.4, -0.2) is 51.2 Å². The second-order valence-electron chi connectivity index (χ2n) is 10.7. The van der Waals surface area contributed by atoms with Gasteiger partial charge in [-0.3, -0.25) is 14.6 Å². The van der Waals surface area contributed by atoms with E-state index in [2.05, 4.69) is 4.98 Å². The Balaban J connectivity index is 1.75. The Morgan fingerprint density at radius 3 is 2.42 bits per heavy atom. The monoisotopic (exact) mass is 570 g/mol. The number of carbonyl (C=O) groups is 2. The normalized spacial score (nSPS) is 20.4. The van der Waals surface area contributed by atoms with Gasteiger partial charge in [-0.05, 0) is 43.5 Å². The van der Waals surface area contributed by atoms with Gasteiger partial charge in [-0.1, -0.05) is 48.0 Å². The fourth-order valence-electron chi connectivity index (χ4n) is 5.11. The number of hydrogen-bond acceptors (Lipinski definition) is 6. The second kappa shape index (κ2) is 10.3. The average molecular weight is 571 g/mol. The van der Waals surface area contributed by atoms with E-state index in [1.807, 2.05) is 0 Å². The molecule has 1 saturated carbocycles. The molecule has 1 unspecified atom stereocenters. The summed E-state index contributed by atoms with van der Waals surface area (Å²) in [6, 6.07) is 13.7. The van der Waals surface area contributed by atoms with Crippen molar-refractivity contribution < 1.29 is 33.3 Å². The van der Waals surface area contributed by atoms with E-state index in [0.29, 0.717) is 34.7 Å². The minimum absolute atomic E-state index is 0.0149. The van der Waals surface area contributed by atoms with Crippen molar-refractivity contribution in [1.82, 2.24) is 9.88 Å². The summed E-state index contributed by atoms with van der Waals surface area (Å²) < 4.78 is 34.9. The highest BCUT2D eigenvalue weighted by Crippen LogP contribution is 2.52. The van der Waals surface area contributed by atoms with Gasteiger partial charge in [0.1, 0.15) is 6.10 Å². The number of rotatable bonds is 9. The predicted molar refractivity (Wildman–Crippen MR) is 143 cm³/mol. The lowest BCUT2D eigenvalue weighted by molar-refractivity contribution is -0.166. The predicted octanol–water partition coefficient (Wildman–Crippen LogP) is 4.79. The summed E-state index contributed by atoms with van der Waals surface area (Å²) in [5.74, 6) is -4.72. The minimum atomic E-state index is -3.12. The lowest BCUT2D eigenvalue weighted by Crippen LogP contribution is -2.53. The van der Waals surface area contributed by atoms with Crippen LogP contribution in [0.5, 0.6) is 0 Å². The number of aromatic nitrogens is 1. The first kappa shape index (κ1) is 28.3. The number of amides is 2. The van der Waals surface area contributed by atoms with Crippen LogP contribution < -0.4 is 0 Å². The molecule has 10 heteroatoms. The number of hydrogen-bond donors (Lipinski definition) is 2. The largest absolute Gasteiger partial charge is 0.396 e. The smallest absolute Gasteiger partial charge is 0.270 e. The van der Waals surface area contributed by atoms with Crippen molar-refractivity contribution in [2.45, 2.75) is 50.9 Å². The third kappa shape index (κ3) is 4.92. The topological polar surface area (TPSA) is 100.0 Å². The Kier molecular flexibility index (Phi) is 7.29.